The Morgan fingerprint density at radius 1 is 1.14 bits per heavy atom. The molecule has 1 atom stereocenters. The molecule has 0 saturated heterocycles. The molecular formula is C14H16N6O2. The van der Waals surface area contributed by atoms with Gasteiger partial charge in [-0.2, -0.15) is 0 Å². The molecule has 0 unspecified atom stereocenters. The summed E-state index contributed by atoms with van der Waals surface area (Å²) in [7, 11) is 3.28. The summed E-state index contributed by atoms with van der Waals surface area (Å²) in [6.45, 7) is 2.02. The Bertz CT molecular complexity index is 788. The number of hydrogen-bond donors (Lipinski definition) is 1. The fraction of sp³-hybridized carbons (Fsp3) is 0.286. The van der Waals surface area contributed by atoms with Crippen molar-refractivity contribution in [3.8, 4) is 11.5 Å². The van der Waals surface area contributed by atoms with Gasteiger partial charge in [-0.05, 0) is 47.7 Å². The number of aromatic nitrogens is 5. The first-order chi connectivity index (χ1) is 10.7. The highest BCUT2D eigenvalue weighted by atomic mass is 16.5. The molecule has 0 amide bonds. The molecule has 22 heavy (non-hydrogen) atoms. The van der Waals surface area contributed by atoms with Crippen molar-refractivity contribution >= 4 is 11.5 Å². The third-order valence-corrected chi connectivity index (χ3v) is 3.34. The van der Waals surface area contributed by atoms with Crippen LogP contribution in [0.25, 0.3) is 5.65 Å². The van der Waals surface area contributed by atoms with Gasteiger partial charge >= 0.3 is 0 Å². The van der Waals surface area contributed by atoms with Gasteiger partial charge in [0.15, 0.2) is 5.65 Å². The van der Waals surface area contributed by atoms with Gasteiger partial charge in [-0.3, -0.25) is 0 Å². The first-order valence-corrected chi connectivity index (χ1v) is 6.75. The Balaban J connectivity index is 1.88. The van der Waals surface area contributed by atoms with Gasteiger partial charge in [0.25, 0.3) is 0 Å². The van der Waals surface area contributed by atoms with E-state index in [4.69, 9.17) is 9.47 Å². The summed E-state index contributed by atoms with van der Waals surface area (Å²) in [6, 6.07) is 9.27. The molecule has 3 rings (SSSR count). The summed E-state index contributed by atoms with van der Waals surface area (Å²) in [5, 5.41) is 18.8. The predicted molar refractivity (Wildman–Crippen MR) is 80.2 cm³/mol. The van der Waals surface area contributed by atoms with Gasteiger partial charge < -0.3 is 14.8 Å². The number of rotatable bonds is 5. The first-order valence-electron chi connectivity index (χ1n) is 6.75. The second kappa shape index (κ2) is 5.84. The SMILES string of the molecule is COc1ccc(OC)c([C@H](C)Nc2ccc3nnnn3n2)c1. The van der Waals surface area contributed by atoms with E-state index in [2.05, 4.69) is 25.9 Å². The Morgan fingerprint density at radius 3 is 2.77 bits per heavy atom. The van der Waals surface area contributed by atoms with Crippen molar-refractivity contribution in [3.63, 3.8) is 0 Å². The van der Waals surface area contributed by atoms with Crippen LogP contribution in [0.4, 0.5) is 5.82 Å². The van der Waals surface area contributed by atoms with Crippen LogP contribution in [0.5, 0.6) is 11.5 Å². The normalized spacial score (nSPS) is 12.1. The van der Waals surface area contributed by atoms with Crippen molar-refractivity contribution in [2.75, 3.05) is 19.5 Å². The summed E-state index contributed by atoms with van der Waals surface area (Å²) in [4.78, 5) is 0. The van der Waals surface area contributed by atoms with Gasteiger partial charge in [0.2, 0.25) is 0 Å². The third kappa shape index (κ3) is 2.62. The van der Waals surface area contributed by atoms with E-state index in [0.29, 0.717) is 11.5 Å². The van der Waals surface area contributed by atoms with Gasteiger partial charge in [0.1, 0.15) is 17.3 Å². The highest BCUT2D eigenvalue weighted by Crippen LogP contribution is 2.30. The summed E-state index contributed by atoms with van der Waals surface area (Å²) < 4.78 is 12.1. The standard InChI is InChI=1S/C14H16N6O2/c1-9(11-8-10(21-2)4-5-12(11)22-3)15-13-6-7-14-16-18-19-20(14)17-13/h4-9H,1-3H3,(H,15,17)/t9-/m0/s1. The minimum Gasteiger partial charge on any atom is -0.497 e. The van der Waals surface area contributed by atoms with Crippen LogP contribution in [0.2, 0.25) is 0 Å². The van der Waals surface area contributed by atoms with E-state index < -0.39 is 0 Å². The van der Waals surface area contributed by atoms with E-state index in [1.807, 2.05) is 31.2 Å². The molecule has 0 fully saturated rings. The van der Waals surface area contributed by atoms with Crippen molar-refractivity contribution in [2.45, 2.75) is 13.0 Å². The molecule has 0 bridgehead atoms. The number of fused-ring (bicyclic) bond motifs is 1. The number of anilines is 1. The van der Waals surface area contributed by atoms with Crippen molar-refractivity contribution in [2.24, 2.45) is 0 Å². The van der Waals surface area contributed by atoms with Crippen LogP contribution in [-0.2, 0) is 0 Å². The van der Waals surface area contributed by atoms with Gasteiger partial charge in [-0.15, -0.1) is 14.8 Å². The lowest BCUT2D eigenvalue weighted by Gasteiger charge is -2.18. The molecule has 2 heterocycles. The molecule has 114 valence electrons. The number of nitrogens with zero attached hydrogens (tertiary/aromatic N) is 5. The number of nitrogens with one attached hydrogen (secondary N) is 1. The minimum atomic E-state index is -0.0357. The van der Waals surface area contributed by atoms with E-state index in [-0.39, 0.29) is 6.04 Å². The molecular weight excluding hydrogens is 284 g/mol. The second-order valence-electron chi connectivity index (χ2n) is 4.72. The van der Waals surface area contributed by atoms with Crippen molar-refractivity contribution in [3.05, 3.63) is 35.9 Å². The van der Waals surface area contributed by atoms with E-state index in [1.54, 1.807) is 20.3 Å². The molecule has 0 aliphatic heterocycles. The van der Waals surface area contributed by atoms with E-state index in [0.717, 1.165) is 17.1 Å². The zero-order chi connectivity index (χ0) is 15.5. The molecule has 0 aliphatic carbocycles. The monoisotopic (exact) mass is 300 g/mol. The smallest absolute Gasteiger partial charge is 0.200 e. The maximum Gasteiger partial charge on any atom is 0.200 e. The van der Waals surface area contributed by atoms with Gasteiger partial charge in [0.05, 0.1) is 20.3 Å². The average molecular weight is 300 g/mol. The quantitative estimate of drug-likeness (QED) is 0.767. The molecule has 0 saturated carbocycles. The summed E-state index contributed by atoms with van der Waals surface area (Å²) in [5.74, 6) is 2.22. The lowest BCUT2D eigenvalue weighted by molar-refractivity contribution is 0.397. The van der Waals surface area contributed by atoms with E-state index >= 15 is 0 Å². The molecule has 1 aromatic carbocycles. The first kappa shape index (κ1) is 14.1. The Morgan fingerprint density at radius 2 is 2.00 bits per heavy atom. The van der Waals surface area contributed by atoms with Crippen molar-refractivity contribution in [1.82, 2.24) is 25.3 Å². The van der Waals surface area contributed by atoms with Crippen LogP contribution in [0.1, 0.15) is 18.5 Å². The van der Waals surface area contributed by atoms with Crippen LogP contribution in [0, 0.1) is 0 Å². The van der Waals surface area contributed by atoms with Crippen LogP contribution in [0.3, 0.4) is 0 Å². The van der Waals surface area contributed by atoms with E-state index in [1.165, 1.54) is 4.63 Å². The van der Waals surface area contributed by atoms with E-state index in [9.17, 15) is 0 Å². The lowest BCUT2D eigenvalue weighted by Crippen LogP contribution is -2.11. The highest BCUT2D eigenvalue weighted by Gasteiger charge is 2.14. The molecule has 3 aromatic rings. The maximum absolute atomic E-state index is 5.41. The molecule has 2 aromatic heterocycles. The van der Waals surface area contributed by atoms with Gasteiger partial charge in [-0.25, -0.2) is 0 Å². The van der Waals surface area contributed by atoms with Crippen LogP contribution < -0.4 is 14.8 Å². The third-order valence-electron chi connectivity index (χ3n) is 3.34. The zero-order valence-corrected chi connectivity index (χ0v) is 12.5. The number of hydrogen-bond acceptors (Lipinski definition) is 7. The predicted octanol–water partition coefficient (Wildman–Crippen LogP) is 1.71. The fourth-order valence-electron chi connectivity index (χ4n) is 2.20. The largest absolute Gasteiger partial charge is 0.497 e. The fourth-order valence-corrected chi connectivity index (χ4v) is 2.20. The molecule has 1 N–H and O–H groups in total. The number of benzene rings is 1. The molecule has 8 nitrogen and oxygen atoms in total. The minimum absolute atomic E-state index is 0.0357. The highest BCUT2D eigenvalue weighted by molar-refractivity contribution is 5.48. The average Bonchev–Trinajstić information content (AvgIpc) is 3.01. The summed E-state index contributed by atoms with van der Waals surface area (Å²) >= 11 is 0. The molecule has 0 radical (unpaired) electrons. The molecule has 0 aliphatic rings. The topological polar surface area (TPSA) is 86.5 Å². The van der Waals surface area contributed by atoms with Crippen LogP contribution in [0.15, 0.2) is 30.3 Å². The Labute approximate surface area is 127 Å². The van der Waals surface area contributed by atoms with Crippen molar-refractivity contribution in [1.29, 1.82) is 0 Å². The summed E-state index contributed by atoms with van der Waals surface area (Å²) in [6.07, 6.45) is 0. The Hall–Kier alpha value is -2.90. The Kier molecular flexibility index (Phi) is 3.73. The lowest BCUT2D eigenvalue weighted by atomic mass is 10.1. The number of tetrazole rings is 1. The van der Waals surface area contributed by atoms with Crippen molar-refractivity contribution < 1.29 is 9.47 Å². The van der Waals surface area contributed by atoms with Crippen LogP contribution in [-0.4, -0.2) is 39.5 Å². The van der Waals surface area contributed by atoms with Gasteiger partial charge in [-0.1, -0.05) is 0 Å². The zero-order valence-electron chi connectivity index (χ0n) is 12.5. The van der Waals surface area contributed by atoms with Crippen LogP contribution >= 0.6 is 0 Å². The maximum atomic E-state index is 5.41. The summed E-state index contributed by atoms with van der Waals surface area (Å²) in [5.41, 5.74) is 1.57. The molecule has 8 heteroatoms. The van der Waals surface area contributed by atoms with Gasteiger partial charge in [0, 0.05) is 5.56 Å². The number of ether oxygens (including phenoxy) is 2. The molecule has 0 spiro atoms. The second-order valence-corrected chi connectivity index (χ2v) is 4.72. The number of methoxy groups -OCH3 is 2.